The van der Waals surface area contributed by atoms with Gasteiger partial charge in [-0.15, -0.1) is 0 Å². The van der Waals surface area contributed by atoms with E-state index in [-0.39, 0.29) is 0 Å². The molecule has 9 aromatic carbocycles. The van der Waals surface area contributed by atoms with Gasteiger partial charge in [-0.1, -0.05) is 176 Å². The van der Waals surface area contributed by atoms with Gasteiger partial charge in [-0.3, -0.25) is 0 Å². The lowest BCUT2D eigenvalue weighted by atomic mass is 9.93. The van der Waals surface area contributed by atoms with Gasteiger partial charge in [-0.05, 0) is 73.6 Å². The molecule has 11 aromatic rings. The molecule has 0 atom stereocenters. The molecule has 0 aliphatic heterocycles. The SMILES string of the molecule is c1ccc(-c2ccc(-c3c4ccccc4cc4c3oc3ccc(-c5ccc(-c6nc(-c7ccccc7)nc(-c7ccc8ccccc8c7)n6)cc5)cc34)cc2)cc1. The van der Waals surface area contributed by atoms with Crippen LogP contribution in [0.5, 0.6) is 0 Å². The third kappa shape index (κ3) is 5.92. The molecule has 0 bridgehead atoms. The summed E-state index contributed by atoms with van der Waals surface area (Å²) in [6.07, 6.45) is 0. The van der Waals surface area contributed by atoms with Crippen LogP contribution in [0.25, 0.3) is 111 Å². The highest BCUT2D eigenvalue weighted by atomic mass is 16.3. The topological polar surface area (TPSA) is 51.8 Å². The smallest absolute Gasteiger partial charge is 0.164 e. The van der Waals surface area contributed by atoms with Crippen LogP contribution in [0.2, 0.25) is 0 Å². The Morgan fingerprint density at radius 3 is 1.49 bits per heavy atom. The van der Waals surface area contributed by atoms with Crippen molar-refractivity contribution in [3.8, 4) is 67.5 Å². The van der Waals surface area contributed by atoms with Gasteiger partial charge in [-0.2, -0.15) is 0 Å². The minimum Gasteiger partial charge on any atom is -0.455 e. The molecule has 0 saturated carbocycles. The first-order valence-electron chi connectivity index (χ1n) is 19.2. The second-order valence-electron chi connectivity index (χ2n) is 14.4. The first kappa shape index (κ1) is 32.7. The molecule has 0 spiro atoms. The molecule has 4 heteroatoms. The fraction of sp³-hybridized carbons (Fsp3) is 0. The van der Waals surface area contributed by atoms with Crippen molar-refractivity contribution in [2.24, 2.45) is 0 Å². The van der Waals surface area contributed by atoms with Crippen molar-refractivity contribution < 1.29 is 4.42 Å². The van der Waals surface area contributed by atoms with Crippen molar-refractivity contribution in [1.29, 1.82) is 0 Å². The van der Waals surface area contributed by atoms with Crippen LogP contribution in [0.4, 0.5) is 0 Å². The Morgan fingerprint density at radius 1 is 0.281 bits per heavy atom. The lowest BCUT2D eigenvalue weighted by molar-refractivity contribution is 0.670. The van der Waals surface area contributed by atoms with E-state index in [1.54, 1.807) is 0 Å². The van der Waals surface area contributed by atoms with E-state index in [1.807, 2.05) is 36.4 Å². The molecule has 0 aliphatic rings. The van der Waals surface area contributed by atoms with Gasteiger partial charge >= 0.3 is 0 Å². The normalized spacial score (nSPS) is 11.5. The van der Waals surface area contributed by atoms with Gasteiger partial charge in [0.1, 0.15) is 11.2 Å². The number of benzene rings is 9. The van der Waals surface area contributed by atoms with Crippen molar-refractivity contribution in [3.05, 3.63) is 200 Å². The van der Waals surface area contributed by atoms with Crippen molar-refractivity contribution in [3.63, 3.8) is 0 Å². The number of rotatable bonds is 6. The number of fused-ring (bicyclic) bond motifs is 5. The van der Waals surface area contributed by atoms with Crippen LogP contribution in [-0.2, 0) is 0 Å². The average molecular weight is 728 g/mol. The molecular weight excluding hydrogens is 695 g/mol. The molecular formula is C53H33N3O. The monoisotopic (exact) mass is 727 g/mol. The predicted molar refractivity (Wildman–Crippen MR) is 235 cm³/mol. The molecule has 0 aliphatic carbocycles. The maximum atomic E-state index is 6.73. The molecule has 2 heterocycles. The molecule has 266 valence electrons. The summed E-state index contributed by atoms with van der Waals surface area (Å²) in [6, 6.07) is 70.0. The molecule has 0 radical (unpaired) electrons. The fourth-order valence-electron chi connectivity index (χ4n) is 7.99. The summed E-state index contributed by atoms with van der Waals surface area (Å²) >= 11 is 0. The number of aromatic nitrogens is 3. The van der Waals surface area contributed by atoms with Crippen molar-refractivity contribution in [2.45, 2.75) is 0 Å². The van der Waals surface area contributed by atoms with E-state index in [2.05, 4.69) is 164 Å². The number of furan rings is 1. The third-order valence-corrected chi connectivity index (χ3v) is 10.9. The highest BCUT2D eigenvalue weighted by Crippen LogP contribution is 2.42. The summed E-state index contributed by atoms with van der Waals surface area (Å²) in [6.45, 7) is 0. The van der Waals surface area contributed by atoms with Crippen molar-refractivity contribution in [2.75, 3.05) is 0 Å². The summed E-state index contributed by atoms with van der Waals surface area (Å²) < 4.78 is 6.73. The Morgan fingerprint density at radius 2 is 0.772 bits per heavy atom. The quantitative estimate of drug-likeness (QED) is 0.171. The zero-order chi connectivity index (χ0) is 37.7. The van der Waals surface area contributed by atoms with E-state index >= 15 is 0 Å². The second kappa shape index (κ2) is 13.6. The van der Waals surface area contributed by atoms with Crippen LogP contribution in [0.1, 0.15) is 0 Å². The first-order valence-corrected chi connectivity index (χ1v) is 19.2. The summed E-state index contributed by atoms with van der Waals surface area (Å²) in [5, 5.41) is 6.86. The Hall–Kier alpha value is -7.69. The van der Waals surface area contributed by atoms with Crippen LogP contribution < -0.4 is 0 Å². The fourth-order valence-corrected chi connectivity index (χ4v) is 7.99. The van der Waals surface area contributed by atoms with Crippen LogP contribution in [0.15, 0.2) is 205 Å². The predicted octanol–water partition coefficient (Wildman–Crippen LogP) is 14.1. The van der Waals surface area contributed by atoms with E-state index in [1.165, 1.54) is 27.3 Å². The standard InChI is InChI=1S/C53H33N3O/c1-3-11-34(12-4-1)36-19-24-38(25-20-36)49-45-18-10-9-17-43(45)33-47-46-32-42(29-30-48(46)57-50(47)49)37-21-26-40(27-22-37)52-54-51(39-14-5-2-6-15-39)55-53(56-52)44-28-23-35-13-7-8-16-41(35)31-44/h1-33H. The summed E-state index contributed by atoms with van der Waals surface area (Å²) in [5.74, 6) is 1.92. The lowest BCUT2D eigenvalue weighted by Gasteiger charge is -2.10. The minimum atomic E-state index is 0.631. The lowest BCUT2D eigenvalue weighted by Crippen LogP contribution is -2.00. The average Bonchev–Trinajstić information content (AvgIpc) is 3.66. The van der Waals surface area contributed by atoms with E-state index in [9.17, 15) is 0 Å². The molecule has 0 saturated heterocycles. The van der Waals surface area contributed by atoms with Gasteiger partial charge in [-0.25, -0.2) is 15.0 Å². The van der Waals surface area contributed by atoms with Crippen LogP contribution in [0.3, 0.4) is 0 Å². The molecule has 11 rings (SSSR count). The van der Waals surface area contributed by atoms with E-state index in [4.69, 9.17) is 19.4 Å². The molecule has 0 unspecified atom stereocenters. The van der Waals surface area contributed by atoms with Gasteiger partial charge in [0, 0.05) is 33.0 Å². The van der Waals surface area contributed by atoms with Gasteiger partial charge in [0.15, 0.2) is 17.5 Å². The van der Waals surface area contributed by atoms with Gasteiger partial charge in [0.25, 0.3) is 0 Å². The Labute approximate surface area is 329 Å². The van der Waals surface area contributed by atoms with E-state index in [0.717, 1.165) is 66.3 Å². The maximum absolute atomic E-state index is 6.73. The minimum absolute atomic E-state index is 0.631. The Kier molecular flexibility index (Phi) is 7.78. The third-order valence-electron chi connectivity index (χ3n) is 10.9. The molecule has 2 aromatic heterocycles. The second-order valence-corrected chi connectivity index (χ2v) is 14.4. The van der Waals surface area contributed by atoms with Crippen LogP contribution >= 0.6 is 0 Å². The summed E-state index contributed by atoms with van der Waals surface area (Å²) in [7, 11) is 0. The van der Waals surface area contributed by atoms with E-state index < -0.39 is 0 Å². The van der Waals surface area contributed by atoms with Crippen molar-refractivity contribution >= 4 is 43.5 Å². The maximum Gasteiger partial charge on any atom is 0.164 e. The van der Waals surface area contributed by atoms with Crippen LogP contribution in [-0.4, -0.2) is 15.0 Å². The number of hydrogen-bond donors (Lipinski definition) is 0. The van der Waals surface area contributed by atoms with Crippen LogP contribution in [0, 0.1) is 0 Å². The largest absolute Gasteiger partial charge is 0.455 e. The molecule has 4 nitrogen and oxygen atoms in total. The first-order chi connectivity index (χ1) is 28.2. The van der Waals surface area contributed by atoms with Gasteiger partial charge in [0.05, 0.1) is 0 Å². The van der Waals surface area contributed by atoms with E-state index in [0.29, 0.717) is 17.5 Å². The molecule has 0 N–H and O–H groups in total. The highest BCUT2D eigenvalue weighted by Gasteiger charge is 2.18. The van der Waals surface area contributed by atoms with Crippen molar-refractivity contribution in [1.82, 2.24) is 15.0 Å². The molecule has 0 fully saturated rings. The number of nitrogens with zero attached hydrogens (tertiary/aromatic N) is 3. The molecule has 0 amide bonds. The zero-order valence-corrected chi connectivity index (χ0v) is 30.8. The summed E-state index contributed by atoms with van der Waals surface area (Å²) in [4.78, 5) is 14.9. The van der Waals surface area contributed by atoms with Gasteiger partial charge < -0.3 is 4.42 Å². The zero-order valence-electron chi connectivity index (χ0n) is 30.8. The van der Waals surface area contributed by atoms with Gasteiger partial charge in [0.2, 0.25) is 0 Å². The Balaban J connectivity index is 0.986. The number of hydrogen-bond acceptors (Lipinski definition) is 4. The summed E-state index contributed by atoms with van der Waals surface area (Å²) in [5.41, 5.74) is 11.4. The highest BCUT2D eigenvalue weighted by molar-refractivity contribution is 6.18. The molecule has 57 heavy (non-hydrogen) atoms. The Bertz CT molecular complexity index is 3260.